The van der Waals surface area contributed by atoms with Crippen molar-refractivity contribution in [3.05, 3.63) is 70.8 Å². The minimum absolute atomic E-state index is 0.0248. The molecule has 2 amide bonds. The Morgan fingerprint density at radius 1 is 1.16 bits per heavy atom. The Balaban J connectivity index is 1.37. The highest BCUT2D eigenvalue weighted by Gasteiger charge is 2.78. The smallest absolute Gasteiger partial charge is 0.252 e. The Morgan fingerprint density at radius 3 is 2.71 bits per heavy atom. The average Bonchev–Trinajstić information content (AvgIpc) is 3.27. The number of amides is 2. The Kier molecular flexibility index (Phi) is 4.89. The summed E-state index contributed by atoms with van der Waals surface area (Å²) in [5.74, 6) is 0.000771. The number of primary amides is 1. The molecule has 6 aliphatic rings. The van der Waals surface area contributed by atoms with Crippen molar-refractivity contribution in [1.29, 1.82) is 0 Å². The number of piperidine rings is 1. The second-order valence-corrected chi connectivity index (χ2v) is 11.8. The maximum Gasteiger partial charge on any atom is 0.252 e. The van der Waals surface area contributed by atoms with Gasteiger partial charge in [0.1, 0.15) is 11.7 Å². The molecule has 4 aliphatic carbocycles. The van der Waals surface area contributed by atoms with Crippen LogP contribution in [0.3, 0.4) is 0 Å². The minimum Gasteiger partial charge on any atom is -0.504 e. The van der Waals surface area contributed by atoms with Gasteiger partial charge in [-0.1, -0.05) is 42.5 Å². The molecule has 1 saturated heterocycles. The molecule has 2 aromatic rings. The summed E-state index contributed by atoms with van der Waals surface area (Å²) in [7, 11) is 1.77. The molecule has 0 unspecified atom stereocenters. The summed E-state index contributed by atoms with van der Waals surface area (Å²) in [5, 5.41) is 23.2. The normalized spacial score (nSPS) is 33.8. The van der Waals surface area contributed by atoms with E-state index in [1.165, 1.54) is 0 Å². The van der Waals surface area contributed by atoms with Crippen LogP contribution in [0, 0.1) is 5.41 Å². The van der Waals surface area contributed by atoms with E-state index in [4.69, 9.17) is 10.5 Å². The number of hydrogen-bond donors (Lipinski definition) is 3. The van der Waals surface area contributed by atoms with Gasteiger partial charge in [-0.25, -0.2) is 0 Å². The van der Waals surface area contributed by atoms with Crippen LogP contribution in [0.1, 0.15) is 42.4 Å². The lowest BCUT2D eigenvalue weighted by atomic mass is 9.38. The Bertz CT molecular complexity index is 1390. The summed E-state index contributed by atoms with van der Waals surface area (Å²) in [6.45, 7) is 1.71. The predicted molar refractivity (Wildman–Crippen MR) is 139 cm³/mol. The zero-order valence-electron chi connectivity index (χ0n) is 21.5. The molecule has 1 saturated carbocycles. The van der Waals surface area contributed by atoms with Crippen molar-refractivity contribution in [1.82, 2.24) is 9.80 Å². The van der Waals surface area contributed by atoms with Crippen molar-refractivity contribution in [2.24, 2.45) is 11.1 Å². The number of likely N-dealkylation sites (N-methyl/N-ethyl adjacent to an activating group) is 1. The molecule has 2 heterocycles. The van der Waals surface area contributed by atoms with Gasteiger partial charge in [0.2, 0.25) is 5.91 Å². The summed E-state index contributed by atoms with van der Waals surface area (Å²) in [4.78, 5) is 29.8. The summed E-state index contributed by atoms with van der Waals surface area (Å²) in [5.41, 5.74) is 6.57. The molecular formula is C30H33N3O5. The summed E-state index contributed by atoms with van der Waals surface area (Å²) >= 11 is 0. The van der Waals surface area contributed by atoms with Gasteiger partial charge in [-0.05, 0) is 49.4 Å². The van der Waals surface area contributed by atoms with Gasteiger partial charge in [-0.15, -0.1) is 0 Å². The van der Waals surface area contributed by atoms with E-state index in [1.807, 2.05) is 36.4 Å². The molecule has 8 nitrogen and oxygen atoms in total. The number of nitrogens with two attached hydrogens (primary N) is 1. The zero-order valence-corrected chi connectivity index (χ0v) is 21.5. The van der Waals surface area contributed by atoms with Crippen LogP contribution < -0.4 is 10.5 Å². The largest absolute Gasteiger partial charge is 0.504 e. The molecule has 0 radical (unpaired) electrons. The van der Waals surface area contributed by atoms with Gasteiger partial charge in [0.05, 0.1) is 5.41 Å². The van der Waals surface area contributed by atoms with Gasteiger partial charge in [0.25, 0.3) is 5.91 Å². The summed E-state index contributed by atoms with van der Waals surface area (Å²) < 4.78 is 6.55. The molecule has 8 rings (SSSR count). The molecule has 2 spiro atoms. The lowest BCUT2D eigenvalue weighted by Gasteiger charge is -2.70. The van der Waals surface area contributed by atoms with Crippen LogP contribution in [-0.4, -0.2) is 69.7 Å². The average molecular weight is 516 g/mol. The van der Waals surface area contributed by atoms with Gasteiger partial charge in [0, 0.05) is 49.2 Å². The lowest BCUT2D eigenvalue weighted by molar-refractivity contribution is -0.187. The highest BCUT2D eigenvalue weighted by molar-refractivity contribution is 5.97. The number of ether oxygens (including phenoxy) is 1. The molecule has 2 aromatic carbocycles. The Morgan fingerprint density at radius 2 is 1.95 bits per heavy atom. The number of hydrogen-bond acceptors (Lipinski definition) is 6. The first-order valence-electron chi connectivity index (χ1n) is 13.5. The van der Waals surface area contributed by atoms with Gasteiger partial charge >= 0.3 is 0 Å². The number of likely N-dealkylation sites (tertiary alicyclic amines) is 1. The fraction of sp³-hybridized carbons (Fsp3) is 0.467. The van der Waals surface area contributed by atoms with Crippen molar-refractivity contribution >= 4 is 11.8 Å². The SMILES string of the molecule is CN(Cc1ccccc1)C(=O)C1=C[C@@]23CC[C@]1(O)[C@@H]1Oc4c(O)ccc5c4[C@@]12CCN(CCC(N)=O)[C@@H]3C5. The minimum atomic E-state index is -1.47. The first-order valence-corrected chi connectivity index (χ1v) is 13.5. The quantitative estimate of drug-likeness (QED) is 0.542. The number of benzene rings is 2. The number of carbonyl (C=O) groups excluding carboxylic acids is 2. The highest BCUT2D eigenvalue weighted by atomic mass is 16.5. The van der Waals surface area contributed by atoms with Crippen LogP contribution in [0.2, 0.25) is 0 Å². The fourth-order valence-corrected chi connectivity index (χ4v) is 8.61. The van der Waals surface area contributed by atoms with E-state index in [9.17, 15) is 19.8 Å². The lowest BCUT2D eigenvalue weighted by Crippen LogP contribution is -2.78. The van der Waals surface area contributed by atoms with Crippen LogP contribution >= 0.6 is 0 Å². The predicted octanol–water partition coefficient (Wildman–Crippen LogP) is 2.01. The molecule has 198 valence electrons. The topological polar surface area (TPSA) is 116 Å². The summed E-state index contributed by atoms with van der Waals surface area (Å²) in [6.07, 6.45) is 4.21. The molecular weight excluding hydrogens is 482 g/mol. The molecule has 38 heavy (non-hydrogen) atoms. The Hall–Kier alpha value is -3.36. The third-order valence-corrected chi connectivity index (χ3v) is 10.1. The Labute approximate surface area is 221 Å². The fourth-order valence-electron chi connectivity index (χ4n) is 8.61. The van der Waals surface area contributed by atoms with Crippen molar-refractivity contribution in [2.45, 2.75) is 61.8 Å². The van der Waals surface area contributed by atoms with E-state index >= 15 is 0 Å². The van der Waals surface area contributed by atoms with Crippen molar-refractivity contribution < 1.29 is 24.5 Å². The molecule has 2 aliphatic heterocycles. The number of phenols is 1. The van der Waals surface area contributed by atoms with E-state index in [0.29, 0.717) is 43.7 Å². The van der Waals surface area contributed by atoms with Crippen LogP contribution in [0.5, 0.6) is 11.5 Å². The monoisotopic (exact) mass is 515 g/mol. The number of nitrogens with zero attached hydrogens (tertiary/aromatic N) is 2. The number of carbonyl (C=O) groups is 2. The highest BCUT2D eigenvalue weighted by Crippen LogP contribution is 2.74. The first kappa shape index (κ1) is 23.7. The van der Waals surface area contributed by atoms with E-state index in [0.717, 1.165) is 29.7 Å². The number of rotatable bonds is 6. The zero-order chi connectivity index (χ0) is 26.4. The number of aliphatic hydroxyl groups is 1. The standard InChI is InChI=1S/C30H33N3O5/c1-32(17-18-5-3-2-4-6-18)26(36)20-16-28-10-11-30(20,37)27-29(28)12-14-33(13-9-23(31)35)22(28)15-19-7-8-21(34)25(38-27)24(19)29/h2-8,16,22,27,34,37H,9-15,17H2,1H3,(H2,31,35)/t22-,27-,28-,29+,30-/m1/s1. The second kappa shape index (κ2) is 7.83. The van der Waals surface area contributed by atoms with Crippen molar-refractivity contribution in [2.75, 3.05) is 20.1 Å². The van der Waals surface area contributed by atoms with Gasteiger partial charge in [-0.2, -0.15) is 0 Å². The van der Waals surface area contributed by atoms with Crippen molar-refractivity contribution in [3.63, 3.8) is 0 Å². The van der Waals surface area contributed by atoms with Crippen LogP contribution in [-0.2, 0) is 28.0 Å². The third-order valence-electron chi connectivity index (χ3n) is 10.1. The summed E-state index contributed by atoms with van der Waals surface area (Å²) in [6, 6.07) is 13.5. The van der Waals surface area contributed by atoms with Gasteiger partial charge in [0.15, 0.2) is 11.5 Å². The van der Waals surface area contributed by atoms with Crippen LogP contribution in [0.4, 0.5) is 0 Å². The third kappa shape index (κ3) is 2.82. The van der Waals surface area contributed by atoms with E-state index in [2.05, 4.69) is 11.0 Å². The van der Waals surface area contributed by atoms with E-state index in [-0.39, 0.29) is 30.0 Å². The molecule has 4 N–H and O–H groups in total. The number of fused-ring (bicyclic) bond motifs is 1. The van der Waals surface area contributed by atoms with Crippen LogP contribution in [0.15, 0.2) is 54.1 Å². The van der Waals surface area contributed by atoms with E-state index in [1.54, 1.807) is 18.0 Å². The van der Waals surface area contributed by atoms with Crippen LogP contribution in [0.25, 0.3) is 0 Å². The first-order chi connectivity index (χ1) is 18.2. The van der Waals surface area contributed by atoms with E-state index < -0.39 is 22.5 Å². The number of phenolic OH excluding ortho intramolecular Hbond substituents is 1. The molecule has 0 aromatic heterocycles. The second-order valence-electron chi connectivity index (χ2n) is 11.8. The maximum absolute atomic E-state index is 14.0. The molecule has 5 atom stereocenters. The molecule has 2 fully saturated rings. The maximum atomic E-state index is 14.0. The molecule has 4 bridgehead atoms. The number of aromatic hydroxyl groups is 1. The molecule has 8 heteroatoms. The van der Waals surface area contributed by atoms with Gasteiger partial charge in [-0.3, -0.25) is 14.5 Å². The van der Waals surface area contributed by atoms with Gasteiger partial charge < -0.3 is 25.6 Å². The van der Waals surface area contributed by atoms with Crippen molar-refractivity contribution in [3.8, 4) is 11.5 Å².